The van der Waals surface area contributed by atoms with Crippen molar-refractivity contribution in [3.8, 4) is 5.75 Å². The fourth-order valence-corrected chi connectivity index (χ4v) is 2.29. The number of nitrogens with zero attached hydrogens (tertiary/aromatic N) is 1. The summed E-state index contributed by atoms with van der Waals surface area (Å²) >= 11 is 8.62. The second-order valence-corrected chi connectivity index (χ2v) is 5.80. The molecule has 118 valence electrons. The maximum atomic E-state index is 5.59. The van der Waals surface area contributed by atoms with Crippen molar-refractivity contribution in [1.82, 2.24) is 5.43 Å². The van der Waals surface area contributed by atoms with Gasteiger partial charge in [-0.25, -0.2) is 0 Å². The molecule has 0 saturated heterocycles. The van der Waals surface area contributed by atoms with Crippen LogP contribution in [0.3, 0.4) is 0 Å². The first kappa shape index (κ1) is 17.2. The Morgan fingerprint density at radius 1 is 1.26 bits per heavy atom. The molecule has 4 nitrogen and oxygen atoms in total. The predicted molar refractivity (Wildman–Crippen MR) is 103 cm³/mol. The molecular weight excluding hydrogens is 374 g/mol. The standard InChI is InChI=1S/C17H16BrN3OS/c1-2-10-22-16-9-8-14(18)11-13(16)12-19-21-17(23)20-15-6-4-3-5-7-15/h2-9,11-12H,1,10H2,(H2,20,21,23). The van der Waals surface area contributed by atoms with E-state index in [9.17, 15) is 0 Å². The van der Waals surface area contributed by atoms with E-state index in [-0.39, 0.29) is 0 Å². The van der Waals surface area contributed by atoms with Gasteiger partial charge in [0.2, 0.25) is 0 Å². The first-order valence-corrected chi connectivity index (χ1v) is 8.07. The van der Waals surface area contributed by atoms with Crippen molar-refractivity contribution >= 4 is 45.2 Å². The zero-order valence-corrected chi connectivity index (χ0v) is 14.7. The lowest BCUT2D eigenvalue weighted by Crippen LogP contribution is -2.23. The molecule has 0 saturated carbocycles. The number of halogens is 1. The van der Waals surface area contributed by atoms with Gasteiger partial charge in [0, 0.05) is 15.7 Å². The summed E-state index contributed by atoms with van der Waals surface area (Å²) in [4.78, 5) is 0. The molecule has 0 amide bonds. The van der Waals surface area contributed by atoms with E-state index >= 15 is 0 Å². The van der Waals surface area contributed by atoms with Crippen molar-refractivity contribution < 1.29 is 4.74 Å². The van der Waals surface area contributed by atoms with E-state index in [0.717, 1.165) is 21.5 Å². The van der Waals surface area contributed by atoms with Crippen molar-refractivity contribution in [2.24, 2.45) is 5.10 Å². The largest absolute Gasteiger partial charge is 0.489 e. The molecule has 0 fully saturated rings. The Bertz CT molecular complexity index is 704. The number of thiocarbonyl (C=S) groups is 1. The topological polar surface area (TPSA) is 45.6 Å². The average Bonchev–Trinajstić information content (AvgIpc) is 2.55. The summed E-state index contributed by atoms with van der Waals surface area (Å²) < 4.78 is 6.53. The predicted octanol–water partition coefficient (Wildman–Crippen LogP) is 4.33. The highest BCUT2D eigenvalue weighted by Crippen LogP contribution is 2.21. The second kappa shape index (κ2) is 9.07. The van der Waals surface area contributed by atoms with Crippen molar-refractivity contribution in [2.45, 2.75) is 0 Å². The van der Waals surface area contributed by atoms with E-state index in [2.05, 4.69) is 38.4 Å². The molecule has 2 rings (SSSR count). The van der Waals surface area contributed by atoms with Crippen molar-refractivity contribution in [3.63, 3.8) is 0 Å². The van der Waals surface area contributed by atoms with E-state index in [1.807, 2.05) is 48.5 Å². The summed E-state index contributed by atoms with van der Waals surface area (Å²) in [5.74, 6) is 0.723. The lowest BCUT2D eigenvalue weighted by atomic mass is 10.2. The van der Waals surface area contributed by atoms with Gasteiger partial charge in [-0.3, -0.25) is 5.43 Å². The molecule has 0 bridgehead atoms. The Balaban J connectivity index is 1.98. The van der Waals surface area contributed by atoms with E-state index in [0.29, 0.717) is 11.7 Å². The van der Waals surface area contributed by atoms with Crippen LogP contribution in [0.4, 0.5) is 5.69 Å². The Labute approximate surface area is 149 Å². The Hall–Kier alpha value is -2.18. The average molecular weight is 390 g/mol. The van der Waals surface area contributed by atoms with Crippen LogP contribution in [-0.4, -0.2) is 17.9 Å². The number of para-hydroxylation sites is 1. The number of ether oxygens (including phenoxy) is 1. The van der Waals surface area contributed by atoms with Crippen LogP contribution < -0.4 is 15.5 Å². The molecule has 2 aromatic carbocycles. The first-order valence-electron chi connectivity index (χ1n) is 6.87. The number of anilines is 1. The zero-order chi connectivity index (χ0) is 16.5. The molecule has 0 heterocycles. The van der Waals surface area contributed by atoms with Crippen molar-refractivity contribution in [3.05, 3.63) is 71.2 Å². The third-order valence-electron chi connectivity index (χ3n) is 2.73. The van der Waals surface area contributed by atoms with Crippen molar-refractivity contribution in [2.75, 3.05) is 11.9 Å². The SMILES string of the molecule is C=CCOc1ccc(Br)cc1C=NNC(=S)Nc1ccccc1. The van der Waals surface area contributed by atoms with E-state index in [4.69, 9.17) is 17.0 Å². The van der Waals surface area contributed by atoms with Crippen LogP contribution in [0.15, 0.2) is 70.8 Å². The van der Waals surface area contributed by atoms with E-state index in [1.165, 1.54) is 0 Å². The number of rotatable bonds is 6. The number of nitrogens with one attached hydrogen (secondary N) is 2. The van der Waals surface area contributed by atoms with E-state index < -0.39 is 0 Å². The number of hydrogen-bond acceptors (Lipinski definition) is 3. The van der Waals surface area contributed by atoms with Gasteiger partial charge >= 0.3 is 0 Å². The van der Waals surface area contributed by atoms with Gasteiger partial charge in [-0.15, -0.1) is 0 Å². The molecule has 0 radical (unpaired) electrons. The molecule has 2 aromatic rings. The van der Waals surface area contributed by atoms with Gasteiger partial charge in [-0.1, -0.05) is 46.8 Å². The van der Waals surface area contributed by atoms with E-state index in [1.54, 1.807) is 12.3 Å². The fourth-order valence-electron chi connectivity index (χ4n) is 1.74. The number of hydrogen-bond donors (Lipinski definition) is 2. The fraction of sp³-hybridized carbons (Fsp3) is 0.0588. The van der Waals surface area contributed by atoms with Crippen LogP contribution in [0.25, 0.3) is 0 Å². The Morgan fingerprint density at radius 3 is 2.78 bits per heavy atom. The molecule has 0 spiro atoms. The molecular formula is C17H16BrN3OS. The highest BCUT2D eigenvalue weighted by atomic mass is 79.9. The smallest absolute Gasteiger partial charge is 0.191 e. The molecule has 0 aliphatic heterocycles. The van der Waals surface area contributed by atoms with Gasteiger partial charge < -0.3 is 10.1 Å². The highest BCUT2D eigenvalue weighted by molar-refractivity contribution is 9.10. The quantitative estimate of drug-likeness (QED) is 0.334. The van der Waals surface area contributed by atoms with Gasteiger partial charge in [0.1, 0.15) is 12.4 Å². The van der Waals surface area contributed by atoms with Crippen molar-refractivity contribution in [1.29, 1.82) is 0 Å². The second-order valence-electron chi connectivity index (χ2n) is 4.47. The molecule has 0 aliphatic carbocycles. The van der Waals surface area contributed by atoms with Crippen LogP contribution in [0.5, 0.6) is 5.75 Å². The van der Waals surface area contributed by atoms with Gasteiger partial charge in [-0.2, -0.15) is 5.10 Å². The lowest BCUT2D eigenvalue weighted by molar-refractivity contribution is 0.362. The first-order chi connectivity index (χ1) is 11.2. The lowest BCUT2D eigenvalue weighted by Gasteiger charge is -2.08. The van der Waals surface area contributed by atoms with Gasteiger partial charge in [0.05, 0.1) is 6.21 Å². The number of benzene rings is 2. The molecule has 6 heteroatoms. The van der Waals surface area contributed by atoms with Crippen LogP contribution in [0.2, 0.25) is 0 Å². The Kier molecular flexibility index (Phi) is 6.77. The minimum absolute atomic E-state index is 0.413. The maximum Gasteiger partial charge on any atom is 0.191 e. The van der Waals surface area contributed by atoms with Gasteiger partial charge in [-0.05, 0) is 42.5 Å². The summed E-state index contributed by atoms with van der Waals surface area (Å²) in [6.45, 7) is 4.08. The third kappa shape index (κ3) is 5.84. The van der Waals surface area contributed by atoms with Crippen LogP contribution in [0, 0.1) is 0 Å². The summed E-state index contributed by atoms with van der Waals surface area (Å²) in [6, 6.07) is 15.3. The summed E-state index contributed by atoms with van der Waals surface area (Å²) in [7, 11) is 0. The molecule has 0 aliphatic rings. The molecule has 2 N–H and O–H groups in total. The van der Waals surface area contributed by atoms with Crippen LogP contribution >= 0.6 is 28.1 Å². The van der Waals surface area contributed by atoms with Gasteiger partial charge in [0.15, 0.2) is 5.11 Å². The molecule has 0 atom stereocenters. The monoisotopic (exact) mass is 389 g/mol. The molecule has 0 aromatic heterocycles. The van der Waals surface area contributed by atoms with Gasteiger partial charge in [0.25, 0.3) is 0 Å². The highest BCUT2D eigenvalue weighted by Gasteiger charge is 2.02. The zero-order valence-electron chi connectivity index (χ0n) is 12.3. The number of hydrazone groups is 1. The maximum absolute atomic E-state index is 5.59. The molecule has 23 heavy (non-hydrogen) atoms. The normalized spacial score (nSPS) is 10.3. The van der Waals surface area contributed by atoms with Crippen LogP contribution in [0.1, 0.15) is 5.56 Å². The summed E-state index contributed by atoms with van der Waals surface area (Å²) in [5.41, 5.74) is 4.51. The third-order valence-corrected chi connectivity index (χ3v) is 3.42. The molecule has 0 unspecified atom stereocenters. The minimum Gasteiger partial charge on any atom is -0.489 e. The Morgan fingerprint density at radius 2 is 2.04 bits per heavy atom. The minimum atomic E-state index is 0.413. The summed E-state index contributed by atoms with van der Waals surface area (Å²) in [6.07, 6.45) is 3.35. The summed E-state index contributed by atoms with van der Waals surface area (Å²) in [5, 5.41) is 7.60. The van der Waals surface area contributed by atoms with Crippen LogP contribution in [-0.2, 0) is 0 Å².